The van der Waals surface area contributed by atoms with E-state index in [1.807, 2.05) is 0 Å². The van der Waals surface area contributed by atoms with Crippen molar-refractivity contribution in [1.82, 2.24) is 5.32 Å². The van der Waals surface area contributed by atoms with Crippen LogP contribution < -0.4 is 15.0 Å². The lowest BCUT2D eigenvalue weighted by Gasteiger charge is -2.29. The van der Waals surface area contributed by atoms with Crippen molar-refractivity contribution < 1.29 is 29.3 Å². The zero-order chi connectivity index (χ0) is 17.2. The Morgan fingerprint density at radius 3 is 2.83 bits per heavy atom. The lowest BCUT2D eigenvalue weighted by atomic mass is 10.1. The van der Waals surface area contributed by atoms with Crippen LogP contribution in [0, 0.1) is 0 Å². The first-order chi connectivity index (χ1) is 10.7. The van der Waals surface area contributed by atoms with E-state index in [0.29, 0.717) is 11.4 Å². The van der Waals surface area contributed by atoms with E-state index < -0.39 is 24.0 Å². The minimum Gasteiger partial charge on any atom is -0.482 e. The number of aliphatic hydroxyl groups is 1. The number of aliphatic carboxylic acids is 1. The number of ether oxygens (including phenoxy) is 1. The van der Waals surface area contributed by atoms with Crippen molar-refractivity contribution in [2.75, 3.05) is 24.6 Å². The predicted molar refractivity (Wildman–Crippen MR) is 83.3 cm³/mol. The summed E-state index contributed by atoms with van der Waals surface area (Å²) >= 11 is 3.29. The van der Waals surface area contributed by atoms with E-state index in [-0.39, 0.29) is 19.1 Å². The highest BCUT2D eigenvalue weighted by molar-refractivity contribution is 9.10. The quantitative estimate of drug-likeness (QED) is 0.661. The first-order valence-corrected chi connectivity index (χ1v) is 7.45. The maximum Gasteiger partial charge on any atom is 0.337 e. The summed E-state index contributed by atoms with van der Waals surface area (Å²) in [6.07, 6.45) is 0. The second kappa shape index (κ2) is 6.55. The van der Waals surface area contributed by atoms with Crippen molar-refractivity contribution in [3.05, 3.63) is 22.7 Å². The van der Waals surface area contributed by atoms with Crippen LogP contribution >= 0.6 is 15.9 Å². The molecule has 1 unspecified atom stereocenters. The molecule has 3 N–H and O–H groups in total. The van der Waals surface area contributed by atoms with Gasteiger partial charge in [0.25, 0.3) is 5.91 Å². The Balaban J connectivity index is 2.06. The predicted octanol–water partition coefficient (Wildman–Crippen LogP) is 0.126. The van der Waals surface area contributed by atoms with E-state index in [4.69, 9.17) is 9.84 Å². The molecule has 23 heavy (non-hydrogen) atoms. The maximum atomic E-state index is 12.0. The fourth-order valence-corrected chi connectivity index (χ4v) is 2.24. The van der Waals surface area contributed by atoms with Gasteiger partial charge >= 0.3 is 5.97 Å². The van der Waals surface area contributed by atoms with E-state index in [1.165, 1.54) is 4.90 Å². The van der Waals surface area contributed by atoms with Crippen LogP contribution in [0.25, 0.3) is 0 Å². The van der Waals surface area contributed by atoms with Crippen LogP contribution in [-0.4, -0.2) is 53.3 Å². The number of fused-ring (bicyclic) bond motifs is 1. The Bertz CT molecular complexity index is 661. The number of carboxylic acids is 1. The number of carbonyl (C=O) groups excluding carboxylic acids is 2. The number of rotatable bonds is 5. The molecule has 1 atom stereocenters. The monoisotopic (exact) mass is 386 g/mol. The van der Waals surface area contributed by atoms with E-state index in [2.05, 4.69) is 21.2 Å². The SMILES string of the molecule is CC(O)(CNC(=O)CN1C(=O)COc2cc(Br)ccc21)C(=O)O. The number of nitrogens with zero attached hydrogens (tertiary/aromatic N) is 1. The molecule has 0 radical (unpaired) electrons. The van der Waals surface area contributed by atoms with Crippen molar-refractivity contribution >= 4 is 39.4 Å². The van der Waals surface area contributed by atoms with Gasteiger partial charge in [0.2, 0.25) is 5.91 Å². The van der Waals surface area contributed by atoms with Gasteiger partial charge in [-0.2, -0.15) is 0 Å². The van der Waals surface area contributed by atoms with Crippen molar-refractivity contribution in [2.45, 2.75) is 12.5 Å². The van der Waals surface area contributed by atoms with Gasteiger partial charge in [-0.3, -0.25) is 14.5 Å². The highest BCUT2D eigenvalue weighted by Crippen LogP contribution is 2.34. The molecular formula is C14H15BrN2O6. The van der Waals surface area contributed by atoms with Crippen LogP contribution in [0.2, 0.25) is 0 Å². The highest BCUT2D eigenvalue weighted by atomic mass is 79.9. The van der Waals surface area contributed by atoms with Crippen LogP contribution in [0.5, 0.6) is 5.75 Å². The van der Waals surface area contributed by atoms with Crippen LogP contribution in [0.1, 0.15) is 6.92 Å². The molecule has 0 aromatic heterocycles. The summed E-state index contributed by atoms with van der Waals surface area (Å²) < 4.78 is 6.07. The summed E-state index contributed by atoms with van der Waals surface area (Å²) in [7, 11) is 0. The molecule has 124 valence electrons. The molecule has 0 saturated heterocycles. The van der Waals surface area contributed by atoms with Gasteiger partial charge in [0.15, 0.2) is 12.2 Å². The Hall–Kier alpha value is -2.13. The molecule has 1 aliphatic rings. The molecule has 2 rings (SSSR count). The zero-order valence-electron chi connectivity index (χ0n) is 12.2. The van der Waals surface area contributed by atoms with Crippen molar-refractivity contribution in [3.63, 3.8) is 0 Å². The van der Waals surface area contributed by atoms with Crippen molar-refractivity contribution in [3.8, 4) is 5.75 Å². The zero-order valence-corrected chi connectivity index (χ0v) is 13.8. The van der Waals surface area contributed by atoms with Gasteiger partial charge in [0.1, 0.15) is 12.3 Å². The number of hydrogen-bond donors (Lipinski definition) is 3. The molecule has 0 spiro atoms. The fourth-order valence-electron chi connectivity index (χ4n) is 1.90. The third-order valence-corrected chi connectivity index (χ3v) is 3.75. The topological polar surface area (TPSA) is 116 Å². The first kappa shape index (κ1) is 17.2. The fraction of sp³-hybridized carbons (Fsp3) is 0.357. The largest absolute Gasteiger partial charge is 0.482 e. The summed E-state index contributed by atoms with van der Waals surface area (Å²) in [6, 6.07) is 5.03. The van der Waals surface area contributed by atoms with Gasteiger partial charge in [0, 0.05) is 4.47 Å². The second-order valence-electron chi connectivity index (χ2n) is 5.24. The molecule has 1 aromatic rings. The third kappa shape index (κ3) is 3.99. The Kier molecular flexibility index (Phi) is 4.90. The Labute approximate surface area is 140 Å². The van der Waals surface area contributed by atoms with Gasteiger partial charge in [0.05, 0.1) is 12.2 Å². The van der Waals surface area contributed by atoms with Crippen LogP contribution in [-0.2, 0) is 14.4 Å². The average molecular weight is 387 g/mol. The molecule has 0 aliphatic carbocycles. The second-order valence-corrected chi connectivity index (χ2v) is 6.15. The van der Waals surface area contributed by atoms with Gasteiger partial charge in [-0.25, -0.2) is 4.79 Å². The summed E-state index contributed by atoms with van der Waals surface area (Å²) in [5.41, 5.74) is -1.63. The molecule has 1 heterocycles. The maximum absolute atomic E-state index is 12.0. The molecule has 0 bridgehead atoms. The third-order valence-electron chi connectivity index (χ3n) is 3.26. The van der Waals surface area contributed by atoms with Crippen molar-refractivity contribution in [1.29, 1.82) is 0 Å². The molecule has 0 saturated carbocycles. The van der Waals surface area contributed by atoms with Gasteiger partial charge in [-0.05, 0) is 25.1 Å². The smallest absolute Gasteiger partial charge is 0.337 e. The van der Waals surface area contributed by atoms with Crippen LogP contribution in [0.4, 0.5) is 5.69 Å². The molecular weight excluding hydrogens is 372 g/mol. The molecule has 2 amide bonds. The standard InChI is InChI=1S/C14H15BrN2O6/c1-14(22,13(20)21)7-16-11(18)5-17-9-3-2-8(15)4-10(9)23-6-12(17)19/h2-4,22H,5-7H2,1H3,(H,16,18)(H,20,21). The number of benzene rings is 1. The minimum absolute atomic E-state index is 0.191. The minimum atomic E-state index is -2.08. The molecule has 0 fully saturated rings. The van der Waals surface area contributed by atoms with E-state index in [1.54, 1.807) is 18.2 Å². The molecule has 1 aliphatic heterocycles. The lowest BCUT2D eigenvalue weighted by Crippen LogP contribution is -2.50. The van der Waals surface area contributed by atoms with E-state index in [0.717, 1.165) is 11.4 Å². The number of nitrogens with one attached hydrogen (secondary N) is 1. The van der Waals surface area contributed by atoms with Gasteiger partial charge in [-0.15, -0.1) is 0 Å². The number of carboxylic acid groups (broad SMARTS) is 1. The average Bonchev–Trinajstić information content (AvgIpc) is 2.48. The number of anilines is 1. The summed E-state index contributed by atoms with van der Waals surface area (Å²) in [6.45, 7) is 0.116. The van der Waals surface area contributed by atoms with Gasteiger partial charge < -0.3 is 20.3 Å². The van der Waals surface area contributed by atoms with E-state index in [9.17, 15) is 19.5 Å². The number of halogens is 1. The first-order valence-electron chi connectivity index (χ1n) is 6.66. The molecule has 1 aromatic carbocycles. The number of carbonyl (C=O) groups is 3. The van der Waals surface area contributed by atoms with E-state index >= 15 is 0 Å². The van der Waals surface area contributed by atoms with Crippen LogP contribution in [0.15, 0.2) is 22.7 Å². The van der Waals surface area contributed by atoms with Gasteiger partial charge in [-0.1, -0.05) is 15.9 Å². The number of hydrogen-bond acceptors (Lipinski definition) is 5. The Morgan fingerprint density at radius 2 is 2.17 bits per heavy atom. The summed E-state index contributed by atoms with van der Waals surface area (Å²) in [5, 5.41) is 20.7. The highest BCUT2D eigenvalue weighted by Gasteiger charge is 2.32. The summed E-state index contributed by atoms with van der Waals surface area (Å²) in [5.74, 6) is -1.96. The molecule has 9 heteroatoms. The van der Waals surface area contributed by atoms with Crippen LogP contribution in [0.3, 0.4) is 0 Å². The summed E-state index contributed by atoms with van der Waals surface area (Å²) in [4.78, 5) is 35.9. The molecule has 8 nitrogen and oxygen atoms in total. The lowest BCUT2D eigenvalue weighted by molar-refractivity contribution is -0.156. The van der Waals surface area contributed by atoms with Crippen molar-refractivity contribution in [2.24, 2.45) is 0 Å². The Morgan fingerprint density at radius 1 is 1.48 bits per heavy atom. The number of amides is 2. The normalized spacial score (nSPS) is 16.1.